The van der Waals surface area contributed by atoms with E-state index in [1.807, 2.05) is 19.1 Å². The van der Waals surface area contributed by atoms with Crippen molar-refractivity contribution in [2.24, 2.45) is 17.8 Å². The van der Waals surface area contributed by atoms with Crippen molar-refractivity contribution in [3.05, 3.63) is 30.0 Å². The molecule has 2 aliphatic carbocycles. The Morgan fingerprint density at radius 1 is 1.30 bits per heavy atom. The predicted molar refractivity (Wildman–Crippen MR) is 117 cm³/mol. The van der Waals surface area contributed by atoms with Gasteiger partial charge in [0.25, 0.3) is 0 Å². The van der Waals surface area contributed by atoms with Crippen LogP contribution in [-0.4, -0.2) is 40.8 Å². The fourth-order valence-corrected chi connectivity index (χ4v) is 4.58. The van der Waals surface area contributed by atoms with Gasteiger partial charge in [-0.15, -0.1) is 5.73 Å². The first-order valence-corrected chi connectivity index (χ1v) is 11.4. The van der Waals surface area contributed by atoms with Crippen molar-refractivity contribution >= 4 is 11.8 Å². The largest absolute Gasteiger partial charge is 0.469 e. The summed E-state index contributed by atoms with van der Waals surface area (Å²) in [4.78, 5) is 23.4. The first-order chi connectivity index (χ1) is 14.3. The van der Waals surface area contributed by atoms with Gasteiger partial charge in [0.05, 0.1) is 18.8 Å². The zero-order chi connectivity index (χ0) is 22.0. The molecular formula is C25H38O5. The maximum atomic E-state index is 12.3. The Kier molecular flexibility index (Phi) is 10.0. The fraction of sp³-hybridized carbons (Fsp3) is 0.720. The van der Waals surface area contributed by atoms with Crippen LogP contribution in [0.5, 0.6) is 0 Å². The quantitative estimate of drug-likeness (QED) is 0.297. The third kappa shape index (κ3) is 8.22. The van der Waals surface area contributed by atoms with Crippen LogP contribution in [0.4, 0.5) is 0 Å². The zero-order valence-corrected chi connectivity index (χ0v) is 18.5. The van der Waals surface area contributed by atoms with Crippen molar-refractivity contribution in [3.8, 4) is 0 Å². The van der Waals surface area contributed by atoms with Gasteiger partial charge in [0.15, 0.2) is 0 Å². The molecule has 0 aliphatic heterocycles. The number of carbonyl (C=O) groups is 2. The lowest BCUT2D eigenvalue weighted by atomic mass is 9.88. The number of Topliss-reactive ketones (excluding diaryl/α,β-unsaturated/α-hetero) is 1. The Morgan fingerprint density at radius 3 is 2.73 bits per heavy atom. The maximum Gasteiger partial charge on any atom is 0.305 e. The molecule has 0 saturated heterocycles. The molecule has 2 N–H and O–H groups in total. The smallest absolute Gasteiger partial charge is 0.305 e. The fourth-order valence-electron chi connectivity index (χ4n) is 4.58. The molecule has 0 radical (unpaired) electrons. The maximum absolute atomic E-state index is 12.3. The van der Waals surface area contributed by atoms with Crippen LogP contribution in [0.25, 0.3) is 0 Å². The van der Waals surface area contributed by atoms with E-state index in [2.05, 4.69) is 10.5 Å². The number of hydrogen-bond donors (Lipinski definition) is 2. The van der Waals surface area contributed by atoms with Crippen LogP contribution in [0.2, 0.25) is 0 Å². The van der Waals surface area contributed by atoms with Crippen LogP contribution >= 0.6 is 0 Å². The zero-order valence-electron chi connectivity index (χ0n) is 18.5. The second-order valence-corrected chi connectivity index (χ2v) is 9.17. The number of hydrogen-bond acceptors (Lipinski definition) is 5. The summed E-state index contributed by atoms with van der Waals surface area (Å²) in [7, 11) is 1.36. The molecule has 0 heterocycles. The summed E-state index contributed by atoms with van der Waals surface area (Å²) in [6, 6.07) is 0. The molecule has 5 nitrogen and oxygen atoms in total. The van der Waals surface area contributed by atoms with Crippen LogP contribution in [0.3, 0.4) is 0 Å². The number of rotatable bonds is 11. The summed E-state index contributed by atoms with van der Waals surface area (Å²) in [6.07, 6.45) is 15.9. The van der Waals surface area contributed by atoms with Crippen molar-refractivity contribution < 1.29 is 24.5 Å². The van der Waals surface area contributed by atoms with Gasteiger partial charge in [0, 0.05) is 24.7 Å². The van der Waals surface area contributed by atoms with Crippen molar-refractivity contribution in [3.63, 3.8) is 0 Å². The van der Waals surface area contributed by atoms with Gasteiger partial charge in [-0.25, -0.2) is 0 Å². The molecule has 0 bridgehead atoms. The lowest BCUT2D eigenvalue weighted by Gasteiger charge is -2.24. The van der Waals surface area contributed by atoms with Crippen LogP contribution in [0, 0.1) is 17.8 Å². The Morgan fingerprint density at radius 2 is 2.03 bits per heavy atom. The Balaban J connectivity index is 1.83. The topological polar surface area (TPSA) is 83.8 Å². The number of aliphatic hydroxyl groups excluding tert-OH is 1. The van der Waals surface area contributed by atoms with Gasteiger partial charge >= 0.3 is 5.97 Å². The third-order valence-corrected chi connectivity index (χ3v) is 6.54. The first-order valence-electron chi connectivity index (χ1n) is 11.4. The van der Waals surface area contributed by atoms with Gasteiger partial charge in [-0.2, -0.15) is 0 Å². The number of ketones is 1. The first kappa shape index (κ1) is 24.6. The highest BCUT2D eigenvalue weighted by Gasteiger charge is 2.39. The van der Waals surface area contributed by atoms with Crippen LogP contribution in [0.1, 0.15) is 77.6 Å². The minimum atomic E-state index is -0.746. The van der Waals surface area contributed by atoms with E-state index in [1.54, 1.807) is 12.2 Å². The molecule has 0 aromatic heterocycles. The molecule has 2 fully saturated rings. The van der Waals surface area contributed by atoms with Gasteiger partial charge in [-0.1, -0.05) is 37.8 Å². The number of aliphatic hydroxyl groups is 2. The van der Waals surface area contributed by atoms with E-state index in [0.717, 1.165) is 18.8 Å². The number of ether oxygens (including phenoxy) is 1. The predicted octanol–water partition coefficient (Wildman–Crippen LogP) is 4.27. The lowest BCUT2D eigenvalue weighted by Crippen LogP contribution is -2.24. The Labute approximate surface area is 180 Å². The summed E-state index contributed by atoms with van der Waals surface area (Å²) in [5.74, 6) is 0.0771. The molecule has 0 amide bonds. The molecule has 0 aromatic carbocycles. The normalized spacial score (nSPS) is 26.5. The summed E-state index contributed by atoms with van der Waals surface area (Å²) >= 11 is 0. The molecule has 168 valence electrons. The van der Waals surface area contributed by atoms with Crippen molar-refractivity contribution in [1.29, 1.82) is 0 Å². The highest BCUT2D eigenvalue weighted by Crippen LogP contribution is 2.34. The molecule has 0 aromatic rings. The van der Waals surface area contributed by atoms with E-state index >= 15 is 0 Å². The summed E-state index contributed by atoms with van der Waals surface area (Å²) in [5.41, 5.74) is 2.27. The van der Waals surface area contributed by atoms with Crippen molar-refractivity contribution in [2.75, 3.05) is 7.11 Å². The minimum Gasteiger partial charge on any atom is -0.469 e. The monoisotopic (exact) mass is 418 g/mol. The average Bonchev–Trinajstić information content (AvgIpc) is 3.31. The highest BCUT2D eigenvalue weighted by molar-refractivity contribution is 5.84. The van der Waals surface area contributed by atoms with Gasteiger partial charge in [0.1, 0.15) is 5.78 Å². The van der Waals surface area contributed by atoms with E-state index in [9.17, 15) is 19.8 Å². The molecule has 2 rings (SSSR count). The second kappa shape index (κ2) is 12.2. The molecule has 4 unspecified atom stereocenters. The van der Waals surface area contributed by atoms with Crippen LogP contribution in [0.15, 0.2) is 30.0 Å². The third-order valence-electron chi connectivity index (χ3n) is 6.54. The molecule has 2 aliphatic rings. The van der Waals surface area contributed by atoms with Crippen LogP contribution in [-0.2, 0) is 14.3 Å². The molecule has 2 saturated carbocycles. The molecule has 4 atom stereocenters. The van der Waals surface area contributed by atoms with Crippen molar-refractivity contribution in [2.45, 2.75) is 89.3 Å². The molecular weight excluding hydrogens is 380 g/mol. The summed E-state index contributed by atoms with van der Waals surface area (Å²) in [5, 5.41) is 21.0. The summed E-state index contributed by atoms with van der Waals surface area (Å²) < 4.78 is 4.59. The Hall–Kier alpha value is -1.68. The van der Waals surface area contributed by atoms with Gasteiger partial charge in [-0.05, 0) is 57.1 Å². The van der Waals surface area contributed by atoms with Gasteiger partial charge < -0.3 is 14.9 Å². The molecule has 0 spiro atoms. The summed E-state index contributed by atoms with van der Waals surface area (Å²) in [6.45, 7) is 1.88. The van der Waals surface area contributed by atoms with E-state index in [1.165, 1.54) is 32.8 Å². The highest BCUT2D eigenvalue weighted by atomic mass is 16.5. The Bertz CT molecular complexity index is 650. The van der Waals surface area contributed by atoms with E-state index in [0.29, 0.717) is 25.7 Å². The SMILES string of the molecule is COC(=O)CCC=C=CCC1C(=O)CC(O)C1C=CCC(C)(O)CCC1CCCC1. The number of carbonyl (C=O) groups excluding carboxylic acids is 2. The van der Waals surface area contributed by atoms with Crippen molar-refractivity contribution in [1.82, 2.24) is 0 Å². The van der Waals surface area contributed by atoms with E-state index in [-0.39, 0.29) is 30.0 Å². The second-order valence-electron chi connectivity index (χ2n) is 9.17. The van der Waals surface area contributed by atoms with Crippen LogP contribution < -0.4 is 0 Å². The molecule has 30 heavy (non-hydrogen) atoms. The molecule has 5 heteroatoms. The lowest BCUT2D eigenvalue weighted by molar-refractivity contribution is -0.140. The standard InChI is InChI=1S/C25H38O5/c1-25(29,17-15-19-10-7-8-11-19)16-9-13-21-20(22(26)18-23(21)27)12-5-3-4-6-14-24(28)30-2/h4-5,9,13,19-21,23,27,29H,6-8,10-12,14-18H2,1-2H3. The average molecular weight is 419 g/mol. The van der Waals surface area contributed by atoms with E-state index < -0.39 is 11.7 Å². The number of esters is 1. The van der Waals surface area contributed by atoms with Gasteiger partial charge in [-0.3, -0.25) is 9.59 Å². The van der Waals surface area contributed by atoms with Gasteiger partial charge in [0.2, 0.25) is 0 Å². The minimum absolute atomic E-state index is 0.0674. The number of allylic oxidation sites excluding steroid dienone is 1. The number of methoxy groups -OCH3 is 1. The van der Waals surface area contributed by atoms with E-state index in [4.69, 9.17) is 0 Å².